The van der Waals surface area contributed by atoms with Gasteiger partial charge >= 0.3 is 18.8 Å². The van der Waals surface area contributed by atoms with E-state index in [1.807, 2.05) is 0 Å². The first-order valence-corrected chi connectivity index (χ1v) is 12.9. The second-order valence-corrected chi connectivity index (χ2v) is 11.2. The van der Waals surface area contributed by atoms with Crippen LogP contribution < -0.4 is 11.1 Å². The molecule has 2 fully saturated rings. The van der Waals surface area contributed by atoms with Crippen LogP contribution in [0, 0.1) is 5.92 Å². The summed E-state index contributed by atoms with van der Waals surface area (Å²) in [5.41, 5.74) is 5.66. The maximum absolute atomic E-state index is 5.66. The lowest BCUT2D eigenvalue weighted by Gasteiger charge is -2.24. The summed E-state index contributed by atoms with van der Waals surface area (Å²) in [7, 11) is 5.21. The molecule has 0 aromatic rings. The van der Waals surface area contributed by atoms with Gasteiger partial charge in [0.2, 0.25) is 0 Å². The largest absolute Gasteiger partial charge is 0.500 e. The monoisotopic (exact) mass is 442 g/mol. The zero-order valence-electron chi connectivity index (χ0n) is 18.5. The van der Waals surface area contributed by atoms with Crippen molar-refractivity contribution in [2.24, 2.45) is 11.7 Å². The van der Waals surface area contributed by atoms with Crippen molar-refractivity contribution >= 4 is 18.8 Å². The van der Waals surface area contributed by atoms with E-state index < -0.39 is 18.8 Å². The predicted octanol–water partition coefficient (Wildman–Crippen LogP) is -0.109. The molecule has 3 unspecified atom stereocenters. The van der Waals surface area contributed by atoms with E-state index in [0.717, 1.165) is 38.1 Å². The molecule has 0 bridgehead atoms. The first-order chi connectivity index (χ1) is 13.5. The fourth-order valence-electron chi connectivity index (χ4n) is 2.57. The molecule has 3 N–H and O–H groups in total. The van der Waals surface area contributed by atoms with Gasteiger partial charge in [0.25, 0.3) is 0 Å². The molecule has 0 saturated carbocycles. The Morgan fingerprint density at radius 3 is 2.07 bits per heavy atom. The van der Waals surface area contributed by atoms with Crippen LogP contribution in [-0.4, -0.2) is 99.4 Å². The summed E-state index contributed by atoms with van der Waals surface area (Å²) < 4.78 is 35.5. The fourth-order valence-corrected chi connectivity index (χ4v) is 4.50. The minimum atomic E-state index is -2.39. The number of ether oxygens (including phenoxy) is 2. The molecule has 11 heteroatoms. The van der Waals surface area contributed by atoms with Gasteiger partial charge in [0, 0.05) is 54.2 Å². The molecule has 0 amide bonds. The molecule has 0 spiro atoms. The minimum Gasteiger partial charge on any atom is -0.402 e. The first kappa shape index (κ1) is 28.1. The summed E-state index contributed by atoms with van der Waals surface area (Å²) >= 11 is 0. The molecule has 28 heavy (non-hydrogen) atoms. The molecule has 2 aliphatic rings. The second kappa shape index (κ2) is 17.9. The Kier molecular flexibility index (Phi) is 17.9. The van der Waals surface area contributed by atoms with Crippen molar-refractivity contribution in [1.29, 1.82) is 0 Å². The Labute approximate surface area is 174 Å². The van der Waals surface area contributed by atoms with Gasteiger partial charge < -0.3 is 42.7 Å². The SMILES string of the molecule is CC(N)C1CCNC1.CO[SiH2]OC.CO[Si](CCCOCC1CO1)(OC)OC. The maximum Gasteiger partial charge on any atom is 0.500 e. The molecule has 2 rings (SSSR count). The van der Waals surface area contributed by atoms with Gasteiger partial charge in [-0.15, -0.1) is 0 Å². The van der Waals surface area contributed by atoms with Gasteiger partial charge in [-0.2, -0.15) is 0 Å². The van der Waals surface area contributed by atoms with Gasteiger partial charge in [0.05, 0.1) is 13.2 Å². The molecular formula is C17H42N2O7Si2. The third kappa shape index (κ3) is 14.1. The smallest absolute Gasteiger partial charge is 0.402 e. The zero-order chi connectivity index (χ0) is 21.3. The van der Waals surface area contributed by atoms with Crippen LogP contribution in [0.1, 0.15) is 19.8 Å². The molecule has 170 valence electrons. The number of nitrogens with one attached hydrogen (secondary N) is 1. The fraction of sp³-hybridized carbons (Fsp3) is 1.00. The number of hydrogen-bond acceptors (Lipinski definition) is 9. The highest BCUT2D eigenvalue weighted by molar-refractivity contribution is 6.60. The van der Waals surface area contributed by atoms with E-state index in [2.05, 4.69) is 21.1 Å². The zero-order valence-corrected chi connectivity index (χ0v) is 20.9. The van der Waals surface area contributed by atoms with Crippen molar-refractivity contribution in [1.82, 2.24) is 5.32 Å². The summed E-state index contributed by atoms with van der Waals surface area (Å²) in [5, 5.41) is 3.27. The summed E-state index contributed by atoms with van der Waals surface area (Å²) in [4.78, 5) is 0. The number of rotatable bonds is 12. The molecule has 0 aromatic carbocycles. The highest BCUT2D eigenvalue weighted by Crippen LogP contribution is 2.15. The van der Waals surface area contributed by atoms with Crippen molar-refractivity contribution in [2.75, 3.05) is 68.5 Å². The third-order valence-electron chi connectivity index (χ3n) is 4.49. The highest BCUT2D eigenvalue weighted by atomic mass is 28.4. The van der Waals surface area contributed by atoms with Crippen molar-refractivity contribution in [3.8, 4) is 0 Å². The molecule has 0 aliphatic carbocycles. The summed E-state index contributed by atoms with van der Waals surface area (Å²) in [5.74, 6) is 0.731. The van der Waals surface area contributed by atoms with Crippen LogP contribution in [0.25, 0.3) is 0 Å². The van der Waals surface area contributed by atoms with E-state index in [4.69, 9.17) is 28.5 Å². The topological polar surface area (TPSA) is 106 Å². The van der Waals surface area contributed by atoms with E-state index >= 15 is 0 Å². The average molecular weight is 443 g/mol. The third-order valence-corrected chi connectivity index (χ3v) is 7.79. The molecular weight excluding hydrogens is 400 g/mol. The van der Waals surface area contributed by atoms with E-state index in [1.54, 1.807) is 35.5 Å². The van der Waals surface area contributed by atoms with Gasteiger partial charge in [0.1, 0.15) is 6.10 Å². The van der Waals surface area contributed by atoms with Crippen molar-refractivity contribution < 1.29 is 31.6 Å². The van der Waals surface area contributed by atoms with Crippen molar-refractivity contribution in [3.63, 3.8) is 0 Å². The van der Waals surface area contributed by atoms with Crippen molar-refractivity contribution in [3.05, 3.63) is 0 Å². The Morgan fingerprint density at radius 2 is 1.75 bits per heavy atom. The highest BCUT2D eigenvalue weighted by Gasteiger charge is 2.36. The van der Waals surface area contributed by atoms with Crippen LogP contribution in [-0.2, 0) is 31.6 Å². The molecule has 2 saturated heterocycles. The Morgan fingerprint density at radius 1 is 1.14 bits per heavy atom. The van der Waals surface area contributed by atoms with E-state index in [0.29, 0.717) is 25.4 Å². The number of epoxide rings is 1. The molecule has 2 heterocycles. The minimum absolute atomic E-state index is 0.333. The van der Waals surface area contributed by atoms with Crippen LogP contribution in [0.4, 0.5) is 0 Å². The standard InChI is InChI=1S/C9H20O5Si.C6H14N2.C2H8O2Si/c1-10-15(11-2,12-3)6-4-5-13-7-9-8-14-9;1-5(7)6-2-3-8-4-6;1-3-5-4-2/h9H,4-8H2,1-3H3;5-6,8H,2-4,7H2,1H3;5H2,1-2H3. The summed E-state index contributed by atoms with van der Waals surface area (Å²) in [6.07, 6.45) is 2.48. The second-order valence-electron chi connectivity index (χ2n) is 6.74. The van der Waals surface area contributed by atoms with Gasteiger partial charge in [-0.05, 0) is 38.8 Å². The predicted molar refractivity (Wildman–Crippen MR) is 114 cm³/mol. The van der Waals surface area contributed by atoms with E-state index in [-0.39, 0.29) is 0 Å². The lowest BCUT2D eigenvalue weighted by molar-refractivity contribution is 0.100. The molecule has 0 aromatic heterocycles. The van der Waals surface area contributed by atoms with E-state index in [1.165, 1.54) is 6.42 Å². The molecule has 2 aliphatic heterocycles. The van der Waals surface area contributed by atoms with Gasteiger partial charge in [0.15, 0.2) is 0 Å². The van der Waals surface area contributed by atoms with Crippen LogP contribution in [0.5, 0.6) is 0 Å². The molecule has 9 nitrogen and oxygen atoms in total. The van der Waals surface area contributed by atoms with Crippen LogP contribution >= 0.6 is 0 Å². The summed E-state index contributed by atoms with van der Waals surface area (Å²) in [6.45, 7) is 6.60. The van der Waals surface area contributed by atoms with Crippen LogP contribution in [0.3, 0.4) is 0 Å². The van der Waals surface area contributed by atoms with Crippen LogP contribution in [0.2, 0.25) is 6.04 Å². The Bertz CT molecular complexity index is 333. The van der Waals surface area contributed by atoms with Gasteiger partial charge in [-0.25, -0.2) is 0 Å². The quantitative estimate of drug-likeness (QED) is 0.243. The van der Waals surface area contributed by atoms with Crippen molar-refractivity contribution in [2.45, 2.75) is 38.0 Å². The number of nitrogens with two attached hydrogens (primary N) is 1. The molecule has 0 radical (unpaired) electrons. The van der Waals surface area contributed by atoms with E-state index in [9.17, 15) is 0 Å². The maximum atomic E-state index is 5.66. The average Bonchev–Trinajstić information content (AvgIpc) is 3.36. The normalized spacial score (nSPS) is 22.0. The first-order valence-electron chi connectivity index (χ1n) is 9.77. The Balaban J connectivity index is 0.000000466. The van der Waals surface area contributed by atoms with Gasteiger partial charge in [-0.1, -0.05) is 0 Å². The van der Waals surface area contributed by atoms with Gasteiger partial charge in [-0.3, -0.25) is 0 Å². The van der Waals surface area contributed by atoms with Crippen LogP contribution in [0.15, 0.2) is 0 Å². The number of hydrogen-bond donors (Lipinski definition) is 2. The summed E-state index contributed by atoms with van der Waals surface area (Å²) in [6, 6.07) is 1.16. The molecule has 3 atom stereocenters. The lowest BCUT2D eigenvalue weighted by atomic mass is 10.0. The lowest BCUT2D eigenvalue weighted by Crippen LogP contribution is -2.42. The Hall–Kier alpha value is 0.0738.